The summed E-state index contributed by atoms with van der Waals surface area (Å²) in [6.45, 7) is 3.26. The highest BCUT2D eigenvalue weighted by molar-refractivity contribution is 7.09. The van der Waals surface area contributed by atoms with Crippen molar-refractivity contribution in [3.8, 4) is 0 Å². The number of nitrogens with zero attached hydrogens (tertiary/aromatic N) is 3. The molecular formula is C20H26N4O2S. The highest BCUT2D eigenvalue weighted by Gasteiger charge is 2.59. The van der Waals surface area contributed by atoms with Crippen LogP contribution in [0, 0.1) is 11.3 Å². The summed E-state index contributed by atoms with van der Waals surface area (Å²) in [6, 6.07) is 6.42. The number of thiophene rings is 1. The fourth-order valence-corrected chi connectivity index (χ4v) is 5.80. The van der Waals surface area contributed by atoms with E-state index in [1.165, 1.54) is 24.1 Å². The molecule has 2 amide bonds. The first-order valence-electron chi connectivity index (χ1n) is 9.95. The molecule has 5 rings (SSSR count). The van der Waals surface area contributed by atoms with Crippen molar-refractivity contribution in [3.63, 3.8) is 0 Å². The van der Waals surface area contributed by atoms with Crippen molar-refractivity contribution in [1.29, 1.82) is 0 Å². The summed E-state index contributed by atoms with van der Waals surface area (Å²) in [6.07, 6.45) is 7.76. The third kappa shape index (κ3) is 3.06. The van der Waals surface area contributed by atoms with Crippen molar-refractivity contribution in [1.82, 2.24) is 14.7 Å². The first-order chi connectivity index (χ1) is 13.3. The Hall–Kier alpha value is -1.86. The zero-order valence-corrected chi connectivity index (χ0v) is 16.3. The van der Waals surface area contributed by atoms with Gasteiger partial charge in [-0.3, -0.25) is 5.32 Å². The van der Waals surface area contributed by atoms with Crippen LogP contribution in [-0.4, -0.2) is 46.5 Å². The van der Waals surface area contributed by atoms with Crippen LogP contribution < -0.4 is 5.32 Å². The quantitative estimate of drug-likeness (QED) is 0.869. The second kappa shape index (κ2) is 6.95. The van der Waals surface area contributed by atoms with E-state index in [0.717, 1.165) is 38.4 Å². The maximum absolute atomic E-state index is 13.1. The maximum atomic E-state index is 13.1. The van der Waals surface area contributed by atoms with Crippen LogP contribution in [-0.2, 0) is 11.3 Å². The van der Waals surface area contributed by atoms with Gasteiger partial charge in [0.25, 0.3) is 0 Å². The second-order valence-corrected chi connectivity index (χ2v) is 9.15. The molecule has 1 saturated carbocycles. The molecule has 27 heavy (non-hydrogen) atoms. The SMILES string of the molecule is O=C(Nc1ccnn1Cc1cccs1)N1CC2(CCC2)C1C1CCOCC1. The third-order valence-corrected chi connectivity index (χ3v) is 7.47. The summed E-state index contributed by atoms with van der Waals surface area (Å²) in [5.41, 5.74) is 0.385. The van der Waals surface area contributed by atoms with Gasteiger partial charge in [-0.05, 0) is 43.0 Å². The molecule has 3 fully saturated rings. The lowest BCUT2D eigenvalue weighted by Gasteiger charge is -2.64. The van der Waals surface area contributed by atoms with Crippen molar-refractivity contribution in [2.45, 2.75) is 44.7 Å². The van der Waals surface area contributed by atoms with Crippen molar-refractivity contribution in [3.05, 3.63) is 34.7 Å². The molecule has 3 aliphatic rings. The van der Waals surface area contributed by atoms with Crippen molar-refractivity contribution in [2.24, 2.45) is 11.3 Å². The van der Waals surface area contributed by atoms with E-state index in [-0.39, 0.29) is 6.03 Å². The first kappa shape index (κ1) is 17.3. The summed E-state index contributed by atoms with van der Waals surface area (Å²) in [4.78, 5) is 16.4. The van der Waals surface area contributed by atoms with Gasteiger partial charge in [-0.25, -0.2) is 9.48 Å². The fourth-order valence-electron chi connectivity index (χ4n) is 5.11. The predicted molar refractivity (Wildman–Crippen MR) is 105 cm³/mol. The van der Waals surface area contributed by atoms with Crippen LogP contribution >= 0.6 is 11.3 Å². The number of anilines is 1. The Morgan fingerprint density at radius 1 is 1.33 bits per heavy atom. The van der Waals surface area contributed by atoms with Gasteiger partial charge in [0, 0.05) is 42.2 Å². The van der Waals surface area contributed by atoms with E-state index in [0.29, 0.717) is 23.9 Å². The Kier molecular flexibility index (Phi) is 4.44. The summed E-state index contributed by atoms with van der Waals surface area (Å²) >= 11 is 1.70. The lowest BCUT2D eigenvalue weighted by atomic mass is 9.54. The van der Waals surface area contributed by atoms with Gasteiger partial charge in [-0.2, -0.15) is 5.10 Å². The maximum Gasteiger partial charge on any atom is 0.323 e. The lowest BCUT2D eigenvalue weighted by molar-refractivity contribution is -0.135. The number of likely N-dealkylation sites (tertiary alicyclic amines) is 1. The number of nitrogens with one attached hydrogen (secondary N) is 1. The Morgan fingerprint density at radius 2 is 2.19 bits per heavy atom. The van der Waals surface area contributed by atoms with E-state index in [1.54, 1.807) is 17.5 Å². The molecule has 2 aliphatic heterocycles. The number of rotatable bonds is 4. The molecule has 6 nitrogen and oxygen atoms in total. The highest BCUT2D eigenvalue weighted by Crippen LogP contribution is 2.56. The minimum atomic E-state index is 0.0250. The normalized spacial score (nSPS) is 24.4. The third-order valence-electron chi connectivity index (χ3n) is 6.61. The largest absolute Gasteiger partial charge is 0.381 e. The van der Waals surface area contributed by atoms with Gasteiger partial charge >= 0.3 is 6.03 Å². The number of hydrogen-bond acceptors (Lipinski definition) is 4. The molecule has 1 aliphatic carbocycles. The number of carbonyl (C=O) groups is 1. The van der Waals surface area contributed by atoms with Gasteiger partial charge in [0.15, 0.2) is 0 Å². The minimum absolute atomic E-state index is 0.0250. The number of ether oxygens (including phenoxy) is 1. The van der Waals surface area contributed by atoms with Gasteiger partial charge in [-0.15, -0.1) is 11.3 Å². The number of amides is 2. The predicted octanol–water partition coefficient (Wildman–Crippen LogP) is 3.81. The van der Waals surface area contributed by atoms with E-state index in [1.807, 2.05) is 16.8 Å². The smallest absolute Gasteiger partial charge is 0.323 e. The standard InChI is InChI=1S/C20H26N4O2S/c25-19(22-17-4-9-21-24(17)13-16-3-1-12-27-16)23-14-20(7-2-8-20)18(23)15-5-10-26-11-6-15/h1,3-4,9,12,15,18H,2,5-8,10-11,13-14H2,(H,22,25). The van der Waals surface area contributed by atoms with Gasteiger partial charge < -0.3 is 9.64 Å². The molecular weight excluding hydrogens is 360 g/mol. The van der Waals surface area contributed by atoms with Gasteiger partial charge in [0.05, 0.1) is 12.7 Å². The van der Waals surface area contributed by atoms with Crippen LogP contribution in [0.4, 0.5) is 10.6 Å². The van der Waals surface area contributed by atoms with Crippen molar-refractivity contribution < 1.29 is 9.53 Å². The molecule has 1 atom stereocenters. The number of hydrogen-bond donors (Lipinski definition) is 1. The molecule has 1 N–H and O–H groups in total. The van der Waals surface area contributed by atoms with Gasteiger partial charge in [0.1, 0.15) is 5.82 Å². The van der Waals surface area contributed by atoms with E-state index in [2.05, 4.69) is 26.8 Å². The second-order valence-electron chi connectivity index (χ2n) is 8.12. The van der Waals surface area contributed by atoms with Crippen molar-refractivity contribution in [2.75, 3.05) is 25.1 Å². The first-order valence-corrected chi connectivity index (χ1v) is 10.8. The van der Waals surface area contributed by atoms with Crippen LogP contribution in [0.3, 0.4) is 0 Å². The molecule has 0 aromatic carbocycles. The molecule has 1 unspecified atom stereocenters. The molecule has 4 heterocycles. The Morgan fingerprint density at radius 3 is 2.89 bits per heavy atom. The number of carbonyl (C=O) groups excluding carboxylic acids is 1. The molecule has 1 spiro atoms. The molecule has 7 heteroatoms. The highest BCUT2D eigenvalue weighted by atomic mass is 32.1. The molecule has 0 radical (unpaired) electrons. The topological polar surface area (TPSA) is 59.4 Å². The van der Waals surface area contributed by atoms with Crippen molar-refractivity contribution >= 4 is 23.2 Å². The summed E-state index contributed by atoms with van der Waals surface area (Å²) < 4.78 is 7.42. The zero-order valence-electron chi connectivity index (χ0n) is 15.5. The molecule has 2 aromatic rings. The van der Waals surface area contributed by atoms with E-state index >= 15 is 0 Å². The Bertz CT molecular complexity index is 793. The van der Waals surface area contributed by atoms with E-state index < -0.39 is 0 Å². The Balaban J connectivity index is 1.29. The van der Waals surface area contributed by atoms with Crippen LogP contribution in [0.2, 0.25) is 0 Å². The van der Waals surface area contributed by atoms with Gasteiger partial charge in [-0.1, -0.05) is 12.5 Å². The minimum Gasteiger partial charge on any atom is -0.381 e. The van der Waals surface area contributed by atoms with E-state index in [4.69, 9.17) is 4.74 Å². The van der Waals surface area contributed by atoms with Crippen LogP contribution in [0.1, 0.15) is 37.0 Å². The van der Waals surface area contributed by atoms with Crippen LogP contribution in [0.5, 0.6) is 0 Å². The fraction of sp³-hybridized carbons (Fsp3) is 0.600. The Labute approximate surface area is 163 Å². The summed E-state index contributed by atoms with van der Waals surface area (Å²) in [5.74, 6) is 1.35. The average molecular weight is 387 g/mol. The number of aromatic nitrogens is 2. The monoisotopic (exact) mass is 386 g/mol. The van der Waals surface area contributed by atoms with Crippen LogP contribution in [0.15, 0.2) is 29.8 Å². The lowest BCUT2D eigenvalue weighted by Crippen LogP contribution is -2.72. The molecule has 2 aromatic heterocycles. The zero-order chi connectivity index (χ0) is 18.3. The molecule has 0 bridgehead atoms. The number of urea groups is 1. The molecule has 2 saturated heterocycles. The van der Waals surface area contributed by atoms with E-state index in [9.17, 15) is 4.79 Å². The van der Waals surface area contributed by atoms with Gasteiger partial charge in [0.2, 0.25) is 0 Å². The van der Waals surface area contributed by atoms with Crippen LogP contribution in [0.25, 0.3) is 0 Å². The average Bonchev–Trinajstić information content (AvgIpc) is 3.27. The summed E-state index contributed by atoms with van der Waals surface area (Å²) in [7, 11) is 0. The summed E-state index contributed by atoms with van der Waals surface area (Å²) in [5, 5.41) is 9.57. The molecule has 144 valence electrons.